The van der Waals surface area contributed by atoms with E-state index in [9.17, 15) is 17.8 Å². The molecule has 2 aromatic carbocycles. The van der Waals surface area contributed by atoms with E-state index < -0.39 is 26.9 Å². The van der Waals surface area contributed by atoms with Gasteiger partial charge in [0.15, 0.2) is 0 Å². The van der Waals surface area contributed by atoms with E-state index in [1.807, 2.05) is 24.3 Å². The SMILES string of the molecule is O=C(Cl)OC(C1c2ccccc2-c2ccccc21)S(=O)(=O)O. The third-order valence-electron chi connectivity index (χ3n) is 3.66. The van der Waals surface area contributed by atoms with Crippen molar-refractivity contribution in [2.75, 3.05) is 0 Å². The number of halogens is 1. The number of fused-ring (bicyclic) bond motifs is 3. The number of ether oxygens (including phenoxy) is 1. The molecule has 7 heteroatoms. The molecule has 114 valence electrons. The van der Waals surface area contributed by atoms with Crippen molar-refractivity contribution in [3.05, 3.63) is 59.7 Å². The molecule has 0 bridgehead atoms. The standard InChI is InChI=1S/C15H11ClO5S/c16-15(17)21-14(22(18,19)20)13-11-7-3-1-5-9(11)10-6-2-4-8-12(10)13/h1-8,13-14H,(H,18,19,20). The first-order valence-electron chi connectivity index (χ1n) is 6.40. The third-order valence-corrected chi connectivity index (χ3v) is 4.70. The van der Waals surface area contributed by atoms with E-state index in [4.69, 9.17) is 16.3 Å². The first-order chi connectivity index (χ1) is 10.4. The molecule has 1 aliphatic carbocycles. The Balaban J connectivity index is 2.23. The molecule has 1 N–H and O–H groups in total. The topological polar surface area (TPSA) is 80.7 Å². The van der Waals surface area contributed by atoms with Crippen LogP contribution in [0.15, 0.2) is 48.5 Å². The highest BCUT2D eigenvalue weighted by Crippen LogP contribution is 2.47. The van der Waals surface area contributed by atoms with Gasteiger partial charge >= 0.3 is 15.5 Å². The quantitative estimate of drug-likeness (QED) is 0.685. The van der Waals surface area contributed by atoms with Crippen molar-refractivity contribution in [1.29, 1.82) is 0 Å². The second-order valence-electron chi connectivity index (χ2n) is 4.89. The maximum atomic E-state index is 11.7. The van der Waals surface area contributed by atoms with Gasteiger partial charge in [0.2, 0.25) is 5.44 Å². The summed E-state index contributed by atoms with van der Waals surface area (Å²) in [5.41, 5.74) is -0.0926. The van der Waals surface area contributed by atoms with Crippen molar-refractivity contribution in [2.24, 2.45) is 0 Å². The summed E-state index contributed by atoms with van der Waals surface area (Å²) in [7, 11) is -4.66. The van der Waals surface area contributed by atoms with Crippen LogP contribution in [-0.2, 0) is 14.9 Å². The first kappa shape index (κ1) is 15.0. The fourth-order valence-corrected chi connectivity index (χ4v) is 3.87. The van der Waals surface area contributed by atoms with Crippen LogP contribution in [0.3, 0.4) is 0 Å². The first-order valence-corrected chi connectivity index (χ1v) is 8.28. The Kier molecular flexibility index (Phi) is 3.68. The minimum absolute atomic E-state index is 0.657. The molecule has 1 unspecified atom stereocenters. The lowest BCUT2D eigenvalue weighted by Crippen LogP contribution is -2.31. The summed E-state index contributed by atoms with van der Waals surface area (Å²) in [5, 5.41) is 0. The van der Waals surface area contributed by atoms with Crippen LogP contribution < -0.4 is 0 Å². The number of hydrogen-bond acceptors (Lipinski definition) is 4. The summed E-state index contributed by atoms with van der Waals surface area (Å²) in [5.74, 6) is -0.829. The van der Waals surface area contributed by atoms with Crippen LogP contribution in [0.5, 0.6) is 0 Å². The van der Waals surface area contributed by atoms with E-state index in [0.29, 0.717) is 11.1 Å². The molecule has 0 saturated carbocycles. The molecular weight excluding hydrogens is 328 g/mol. The summed E-state index contributed by atoms with van der Waals surface area (Å²) in [6, 6.07) is 14.3. The maximum absolute atomic E-state index is 11.7. The normalized spacial score (nSPS) is 15.0. The molecule has 0 heterocycles. The van der Waals surface area contributed by atoms with Gasteiger partial charge in [-0.2, -0.15) is 8.42 Å². The van der Waals surface area contributed by atoms with Crippen molar-refractivity contribution in [1.82, 2.24) is 0 Å². The lowest BCUT2D eigenvalue weighted by atomic mass is 9.98. The average molecular weight is 339 g/mol. The van der Waals surface area contributed by atoms with E-state index in [0.717, 1.165) is 11.1 Å². The molecule has 0 spiro atoms. The van der Waals surface area contributed by atoms with Gasteiger partial charge in [0.05, 0.1) is 5.92 Å². The number of rotatable bonds is 3. The molecule has 0 aliphatic heterocycles. The summed E-state index contributed by atoms with van der Waals surface area (Å²) in [4.78, 5) is 11.0. The van der Waals surface area contributed by atoms with Crippen molar-refractivity contribution in [3.8, 4) is 11.1 Å². The summed E-state index contributed by atoms with van der Waals surface area (Å²) >= 11 is 5.17. The van der Waals surface area contributed by atoms with Gasteiger partial charge in [0.25, 0.3) is 0 Å². The molecule has 0 saturated heterocycles. The minimum Gasteiger partial charge on any atom is -0.430 e. The Bertz CT molecular complexity index is 801. The number of hydrogen-bond donors (Lipinski definition) is 1. The van der Waals surface area contributed by atoms with Gasteiger partial charge in [-0.25, -0.2) is 4.79 Å². The molecule has 3 rings (SSSR count). The fourth-order valence-electron chi connectivity index (χ4n) is 2.88. The highest BCUT2D eigenvalue weighted by molar-refractivity contribution is 7.86. The van der Waals surface area contributed by atoms with E-state index >= 15 is 0 Å². The minimum atomic E-state index is -4.66. The third kappa shape index (κ3) is 2.49. The summed E-state index contributed by atoms with van der Waals surface area (Å²) in [6.07, 6.45) is 0. The fraction of sp³-hybridized carbons (Fsp3) is 0.133. The number of benzene rings is 2. The Labute approximate surface area is 132 Å². The summed E-state index contributed by atoms with van der Waals surface area (Å²) in [6.45, 7) is 0. The Morgan fingerprint density at radius 3 is 1.91 bits per heavy atom. The maximum Gasteiger partial charge on any atom is 0.405 e. The smallest absolute Gasteiger partial charge is 0.405 e. The van der Waals surface area contributed by atoms with Crippen molar-refractivity contribution in [2.45, 2.75) is 11.4 Å². The van der Waals surface area contributed by atoms with Crippen LogP contribution in [0.2, 0.25) is 0 Å². The van der Waals surface area contributed by atoms with Gasteiger partial charge < -0.3 is 4.74 Å². The zero-order chi connectivity index (χ0) is 15.9. The number of carbonyl (C=O) groups is 1. The average Bonchev–Trinajstić information content (AvgIpc) is 2.78. The van der Waals surface area contributed by atoms with Gasteiger partial charge in [-0.05, 0) is 22.3 Å². The van der Waals surface area contributed by atoms with Crippen LogP contribution in [0, 0.1) is 0 Å². The molecule has 0 amide bonds. The highest BCUT2D eigenvalue weighted by Gasteiger charge is 2.42. The van der Waals surface area contributed by atoms with Gasteiger partial charge in [-0.1, -0.05) is 48.5 Å². The molecule has 2 aromatic rings. The predicted octanol–water partition coefficient (Wildman–Crippen LogP) is 3.39. The van der Waals surface area contributed by atoms with Gasteiger partial charge in [0.1, 0.15) is 0 Å². The van der Waals surface area contributed by atoms with Gasteiger partial charge in [-0.15, -0.1) is 0 Å². The Morgan fingerprint density at radius 1 is 1.05 bits per heavy atom. The molecule has 5 nitrogen and oxygen atoms in total. The largest absolute Gasteiger partial charge is 0.430 e. The molecule has 0 fully saturated rings. The monoisotopic (exact) mass is 338 g/mol. The molecule has 22 heavy (non-hydrogen) atoms. The van der Waals surface area contributed by atoms with E-state index in [-0.39, 0.29) is 0 Å². The second kappa shape index (κ2) is 5.39. The van der Waals surface area contributed by atoms with Gasteiger partial charge in [0, 0.05) is 11.6 Å². The lowest BCUT2D eigenvalue weighted by molar-refractivity contribution is 0.145. The molecule has 0 aromatic heterocycles. The van der Waals surface area contributed by atoms with Crippen LogP contribution in [0.4, 0.5) is 4.79 Å². The molecule has 1 atom stereocenters. The van der Waals surface area contributed by atoms with E-state index in [1.165, 1.54) is 0 Å². The van der Waals surface area contributed by atoms with E-state index in [2.05, 4.69) is 0 Å². The lowest BCUT2D eigenvalue weighted by Gasteiger charge is -2.21. The van der Waals surface area contributed by atoms with Crippen LogP contribution in [-0.4, -0.2) is 23.8 Å². The molecule has 0 radical (unpaired) electrons. The van der Waals surface area contributed by atoms with Crippen molar-refractivity contribution < 1.29 is 22.5 Å². The van der Waals surface area contributed by atoms with Crippen LogP contribution >= 0.6 is 11.6 Å². The van der Waals surface area contributed by atoms with Crippen LogP contribution in [0.25, 0.3) is 11.1 Å². The van der Waals surface area contributed by atoms with Gasteiger partial charge in [-0.3, -0.25) is 4.55 Å². The van der Waals surface area contributed by atoms with Crippen molar-refractivity contribution in [3.63, 3.8) is 0 Å². The Hall–Kier alpha value is -1.89. The zero-order valence-corrected chi connectivity index (χ0v) is 12.7. The molecular formula is C15H11ClO5S. The zero-order valence-electron chi connectivity index (χ0n) is 11.1. The summed E-state index contributed by atoms with van der Waals surface area (Å²) < 4.78 is 37.6. The number of carbonyl (C=O) groups excluding carboxylic acids is 1. The Morgan fingerprint density at radius 2 is 1.50 bits per heavy atom. The highest BCUT2D eigenvalue weighted by atomic mass is 35.5. The van der Waals surface area contributed by atoms with Crippen molar-refractivity contribution >= 4 is 27.1 Å². The predicted molar refractivity (Wildman–Crippen MR) is 81.4 cm³/mol. The second-order valence-corrected chi connectivity index (χ2v) is 6.69. The van der Waals surface area contributed by atoms with E-state index in [1.54, 1.807) is 24.3 Å². The molecule has 1 aliphatic rings. The van der Waals surface area contributed by atoms with Crippen LogP contribution in [0.1, 0.15) is 17.0 Å².